The van der Waals surface area contributed by atoms with Gasteiger partial charge in [0.25, 0.3) is 0 Å². The molecule has 0 bridgehead atoms. The lowest BCUT2D eigenvalue weighted by Crippen LogP contribution is -1.74. The van der Waals surface area contributed by atoms with Crippen LogP contribution in [0.2, 0.25) is 0 Å². The quantitative estimate of drug-likeness (QED) is 0.495. The molecule has 2 N–H and O–H groups in total. The molecule has 4 heteroatoms. The predicted octanol–water partition coefficient (Wildman–Crippen LogP) is 2.20. The predicted molar refractivity (Wildman–Crippen MR) is 46.6 cm³/mol. The molecule has 0 aromatic carbocycles. The van der Waals surface area contributed by atoms with Gasteiger partial charge in [-0.3, -0.25) is 5.14 Å². The number of nitrogens with two attached hydrogens (primary N) is 1. The van der Waals surface area contributed by atoms with Gasteiger partial charge < -0.3 is 0 Å². The lowest BCUT2D eigenvalue weighted by Gasteiger charge is -1.95. The number of hydrogen-bond donors (Lipinski definition) is 2. The second kappa shape index (κ2) is 4.38. The van der Waals surface area contributed by atoms with Crippen molar-refractivity contribution in [1.29, 1.82) is 0 Å². The molecule has 0 radical (unpaired) electrons. The molecule has 0 aliphatic rings. The second-order valence-corrected chi connectivity index (χ2v) is 4.00. The molecular formula is C4H7NS3. The summed E-state index contributed by atoms with van der Waals surface area (Å²) in [5, 5.41) is 5.14. The third-order valence-corrected chi connectivity index (χ3v) is 1.90. The van der Waals surface area contributed by atoms with E-state index in [1.54, 1.807) is 0 Å². The van der Waals surface area contributed by atoms with Crippen LogP contribution in [0, 0.1) is 0 Å². The lowest BCUT2D eigenvalue weighted by atomic mass is 11.2. The number of thioether (sulfide) groups is 1. The molecule has 0 amide bonds. The highest BCUT2D eigenvalue weighted by molar-refractivity contribution is 8.28. The third kappa shape index (κ3) is 4.64. The minimum Gasteiger partial charge on any atom is -0.273 e. The summed E-state index contributed by atoms with van der Waals surface area (Å²) in [4.78, 5) is 0. The van der Waals surface area contributed by atoms with Crippen LogP contribution in [0.15, 0.2) is 21.6 Å². The van der Waals surface area contributed by atoms with E-state index in [1.807, 2.05) is 0 Å². The van der Waals surface area contributed by atoms with Crippen LogP contribution in [0.25, 0.3) is 0 Å². The van der Waals surface area contributed by atoms with Gasteiger partial charge in [0.05, 0.1) is 4.24 Å². The number of hydrogen-bond acceptors (Lipinski definition) is 4. The van der Waals surface area contributed by atoms with E-state index in [-0.39, 0.29) is 0 Å². The van der Waals surface area contributed by atoms with Crippen molar-refractivity contribution in [2.75, 3.05) is 0 Å². The van der Waals surface area contributed by atoms with Gasteiger partial charge in [0.15, 0.2) is 0 Å². The van der Waals surface area contributed by atoms with Gasteiger partial charge in [-0.15, -0.1) is 12.6 Å². The normalized spacial score (nSPS) is 8.75. The van der Waals surface area contributed by atoms with Crippen molar-refractivity contribution in [2.24, 2.45) is 5.14 Å². The number of rotatable bonds is 3. The van der Waals surface area contributed by atoms with E-state index in [1.165, 1.54) is 11.8 Å². The zero-order valence-corrected chi connectivity index (χ0v) is 6.78. The molecule has 46 valence electrons. The monoisotopic (exact) mass is 165 g/mol. The standard InChI is InChI=1S/C4H7NS3/c1-3(6)7-4(2)8-5/h6H,1-2,5H2. The molecule has 0 saturated carbocycles. The highest BCUT2D eigenvalue weighted by Gasteiger charge is 1.90. The molecule has 8 heavy (non-hydrogen) atoms. The first-order valence-corrected chi connectivity index (χ1v) is 3.92. The molecule has 0 fully saturated rings. The van der Waals surface area contributed by atoms with E-state index >= 15 is 0 Å². The van der Waals surface area contributed by atoms with E-state index in [0.29, 0.717) is 4.24 Å². The van der Waals surface area contributed by atoms with E-state index in [4.69, 9.17) is 5.14 Å². The summed E-state index contributed by atoms with van der Waals surface area (Å²) in [6.07, 6.45) is 0. The zero-order valence-electron chi connectivity index (χ0n) is 4.26. The highest BCUT2D eigenvalue weighted by Crippen LogP contribution is 2.29. The Hall–Kier alpha value is 0.490. The van der Waals surface area contributed by atoms with E-state index in [9.17, 15) is 0 Å². The van der Waals surface area contributed by atoms with Gasteiger partial charge in [-0.1, -0.05) is 24.9 Å². The van der Waals surface area contributed by atoms with Crippen molar-refractivity contribution in [3.05, 3.63) is 21.6 Å². The molecule has 0 saturated heterocycles. The summed E-state index contributed by atoms with van der Waals surface area (Å²) in [6.45, 7) is 7.15. The maximum atomic E-state index is 5.14. The fourth-order valence-electron chi connectivity index (χ4n) is 0.155. The van der Waals surface area contributed by atoms with Gasteiger partial charge in [0.2, 0.25) is 0 Å². The van der Waals surface area contributed by atoms with Crippen molar-refractivity contribution < 1.29 is 0 Å². The first-order valence-electron chi connectivity index (χ1n) is 1.78. The summed E-state index contributed by atoms with van der Waals surface area (Å²) in [5.41, 5.74) is 0. The minimum absolute atomic E-state index is 0.716. The first kappa shape index (κ1) is 8.49. The molecule has 0 rings (SSSR count). The lowest BCUT2D eigenvalue weighted by molar-refractivity contribution is 2.04. The molecular weight excluding hydrogens is 158 g/mol. The number of thiol groups is 1. The van der Waals surface area contributed by atoms with E-state index in [0.717, 1.165) is 16.2 Å². The van der Waals surface area contributed by atoms with Crippen LogP contribution in [0.5, 0.6) is 0 Å². The SMILES string of the molecule is C=C(S)SC(=C)SN. The van der Waals surface area contributed by atoms with Gasteiger partial charge >= 0.3 is 0 Å². The first-order chi connectivity index (χ1) is 3.66. The smallest absolute Gasteiger partial charge is 0.0535 e. The Morgan fingerprint density at radius 3 is 2.12 bits per heavy atom. The van der Waals surface area contributed by atoms with E-state index in [2.05, 4.69) is 25.8 Å². The molecule has 0 atom stereocenters. The molecule has 0 unspecified atom stereocenters. The minimum atomic E-state index is 0.716. The fourth-order valence-corrected chi connectivity index (χ4v) is 1.43. The third-order valence-electron chi connectivity index (χ3n) is 0.363. The average molecular weight is 165 g/mol. The van der Waals surface area contributed by atoms with Crippen LogP contribution in [0.1, 0.15) is 0 Å². The molecule has 0 aromatic rings. The Labute approximate surface area is 63.3 Å². The molecule has 1 nitrogen and oxygen atoms in total. The fraction of sp³-hybridized carbons (Fsp3) is 0. The molecule has 0 aromatic heterocycles. The van der Waals surface area contributed by atoms with Crippen molar-refractivity contribution in [1.82, 2.24) is 0 Å². The van der Waals surface area contributed by atoms with Gasteiger partial charge in [-0.25, -0.2) is 0 Å². The van der Waals surface area contributed by atoms with Gasteiger partial charge in [0.1, 0.15) is 0 Å². The largest absolute Gasteiger partial charge is 0.273 e. The highest BCUT2D eigenvalue weighted by atomic mass is 32.2. The molecule has 0 heterocycles. The average Bonchev–Trinajstić information content (AvgIpc) is 1.65. The maximum absolute atomic E-state index is 5.14. The van der Waals surface area contributed by atoms with Crippen molar-refractivity contribution in [2.45, 2.75) is 0 Å². The topological polar surface area (TPSA) is 26.0 Å². The van der Waals surface area contributed by atoms with Gasteiger partial charge in [0, 0.05) is 4.24 Å². The summed E-state index contributed by atoms with van der Waals surface area (Å²) in [6, 6.07) is 0. The van der Waals surface area contributed by atoms with Crippen molar-refractivity contribution in [3.8, 4) is 0 Å². The molecule has 0 aliphatic carbocycles. The Morgan fingerprint density at radius 1 is 1.50 bits per heavy atom. The van der Waals surface area contributed by atoms with Crippen LogP contribution in [0.4, 0.5) is 0 Å². The Balaban J connectivity index is 3.40. The van der Waals surface area contributed by atoms with E-state index < -0.39 is 0 Å². The molecule has 0 aliphatic heterocycles. The zero-order chi connectivity index (χ0) is 6.57. The summed E-state index contributed by atoms with van der Waals surface area (Å²) in [7, 11) is 0. The Morgan fingerprint density at radius 2 is 2.00 bits per heavy atom. The maximum Gasteiger partial charge on any atom is 0.0535 e. The van der Waals surface area contributed by atoms with Crippen LogP contribution >= 0.6 is 36.3 Å². The van der Waals surface area contributed by atoms with Crippen LogP contribution in [-0.4, -0.2) is 0 Å². The van der Waals surface area contributed by atoms with Gasteiger partial charge in [-0.2, -0.15) is 0 Å². The van der Waals surface area contributed by atoms with Crippen LogP contribution in [-0.2, 0) is 0 Å². The van der Waals surface area contributed by atoms with Crippen LogP contribution < -0.4 is 5.14 Å². The molecule has 0 spiro atoms. The van der Waals surface area contributed by atoms with Gasteiger partial charge in [-0.05, 0) is 11.9 Å². The second-order valence-electron chi connectivity index (χ2n) is 0.986. The summed E-state index contributed by atoms with van der Waals surface area (Å²) < 4.78 is 1.53. The van der Waals surface area contributed by atoms with Crippen LogP contribution in [0.3, 0.4) is 0 Å². The summed E-state index contributed by atoms with van der Waals surface area (Å²) in [5.74, 6) is 0. The van der Waals surface area contributed by atoms with Crippen molar-refractivity contribution in [3.63, 3.8) is 0 Å². The Bertz CT molecular complexity index is 110. The Kier molecular flexibility index (Phi) is 4.64. The summed E-state index contributed by atoms with van der Waals surface area (Å²) >= 11 is 6.41. The van der Waals surface area contributed by atoms with Crippen molar-refractivity contribution >= 4 is 36.3 Å².